The Morgan fingerprint density at radius 3 is 2.48 bits per heavy atom. The molecule has 0 spiro atoms. The molecule has 8 heteroatoms. The molecule has 2 amide bonds. The first kappa shape index (κ1) is 20.5. The average Bonchev–Trinajstić information content (AvgIpc) is 2.61. The van der Waals surface area contributed by atoms with Crippen LogP contribution in [0.2, 0.25) is 0 Å². The summed E-state index contributed by atoms with van der Waals surface area (Å²) in [6.07, 6.45) is 0.218. The highest BCUT2D eigenvalue weighted by Crippen LogP contribution is 2.23. The summed E-state index contributed by atoms with van der Waals surface area (Å²) in [5, 5.41) is 8.52. The zero-order valence-corrected chi connectivity index (χ0v) is 15.3. The lowest BCUT2D eigenvalue weighted by atomic mass is 10.2. The summed E-state index contributed by atoms with van der Waals surface area (Å²) in [4.78, 5) is 39.2. The van der Waals surface area contributed by atoms with Crippen molar-refractivity contribution in [1.82, 2.24) is 9.80 Å². The van der Waals surface area contributed by atoms with Crippen LogP contribution in [0.4, 0.5) is 0 Å². The third kappa shape index (κ3) is 6.85. The molecular formula is C17H21N3O4S. The molecule has 0 atom stereocenters. The minimum Gasteiger partial charge on any atom is -0.452 e. The predicted molar refractivity (Wildman–Crippen MR) is 94.0 cm³/mol. The minimum atomic E-state index is -0.623. The molecule has 0 heterocycles. The molecule has 1 rings (SSSR count). The molecule has 0 saturated heterocycles. The van der Waals surface area contributed by atoms with Crippen molar-refractivity contribution in [3.8, 4) is 6.07 Å². The van der Waals surface area contributed by atoms with Crippen molar-refractivity contribution in [2.75, 3.05) is 40.0 Å². The van der Waals surface area contributed by atoms with Crippen LogP contribution >= 0.6 is 11.8 Å². The maximum Gasteiger partial charge on any atom is 0.339 e. The van der Waals surface area contributed by atoms with Gasteiger partial charge < -0.3 is 14.5 Å². The van der Waals surface area contributed by atoms with Gasteiger partial charge in [-0.15, -0.1) is 11.8 Å². The molecule has 0 N–H and O–H groups in total. The molecule has 0 radical (unpaired) electrons. The summed E-state index contributed by atoms with van der Waals surface area (Å²) in [6.45, 7) is -0.109. The highest BCUT2D eigenvalue weighted by Gasteiger charge is 2.17. The number of esters is 1. The lowest BCUT2D eigenvalue weighted by Crippen LogP contribution is -2.32. The van der Waals surface area contributed by atoms with Crippen LogP contribution in [-0.4, -0.2) is 67.6 Å². The number of rotatable bonds is 8. The first-order valence-corrected chi connectivity index (χ1v) is 8.55. The fourth-order valence-electron chi connectivity index (χ4n) is 1.69. The van der Waals surface area contributed by atoms with Gasteiger partial charge in [-0.3, -0.25) is 9.59 Å². The lowest BCUT2D eigenvalue weighted by molar-refractivity contribution is -0.133. The molecule has 0 aromatic heterocycles. The van der Waals surface area contributed by atoms with Crippen LogP contribution in [0.5, 0.6) is 0 Å². The molecule has 0 aliphatic rings. The van der Waals surface area contributed by atoms with Gasteiger partial charge in [0.05, 0.1) is 23.8 Å². The van der Waals surface area contributed by atoms with Gasteiger partial charge >= 0.3 is 5.97 Å². The van der Waals surface area contributed by atoms with Gasteiger partial charge in [0.15, 0.2) is 6.61 Å². The molecule has 25 heavy (non-hydrogen) atoms. The Labute approximate surface area is 151 Å². The van der Waals surface area contributed by atoms with Gasteiger partial charge in [-0.05, 0) is 12.1 Å². The molecule has 0 bridgehead atoms. The number of amides is 2. The maximum atomic E-state index is 12.2. The van der Waals surface area contributed by atoms with E-state index in [-0.39, 0.29) is 30.5 Å². The summed E-state index contributed by atoms with van der Waals surface area (Å²) >= 11 is 1.24. The molecule has 1 aromatic rings. The fourth-order valence-corrected chi connectivity index (χ4v) is 2.71. The van der Waals surface area contributed by atoms with E-state index in [1.54, 1.807) is 45.4 Å². The van der Waals surface area contributed by atoms with Gasteiger partial charge in [-0.2, -0.15) is 5.26 Å². The average molecular weight is 363 g/mol. The van der Waals surface area contributed by atoms with E-state index in [1.807, 2.05) is 6.07 Å². The largest absolute Gasteiger partial charge is 0.452 e. The standard InChI is InChI=1S/C17H21N3O4S/c1-19(2)16(22)12-25-14-8-5-4-7-13(14)17(23)24-11-15(21)20(3)10-6-9-18/h4-5,7-8H,6,10-12H2,1-3H3. The zero-order chi connectivity index (χ0) is 18.8. The molecule has 134 valence electrons. The van der Waals surface area contributed by atoms with Gasteiger partial charge in [0.1, 0.15) is 0 Å². The van der Waals surface area contributed by atoms with E-state index < -0.39 is 12.6 Å². The van der Waals surface area contributed by atoms with E-state index in [0.29, 0.717) is 10.5 Å². The summed E-state index contributed by atoms with van der Waals surface area (Å²) in [5.74, 6) is -0.867. The SMILES string of the molecule is CN(C)C(=O)CSc1ccccc1C(=O)OCC(=O)N(C)CCC#N. The number of hydrogen-bond acceptors (Lipinski definition) is 6. The second-order valence-electron chi connectivity index (χ2n) is 5.37. The smallest absolute Gasteiger partial charge is 0.339 e. The van der Waals surface area contributed by atoms with Gasteiger partial charge in [-0.1, -0.05) is 12.1 Å². The molecule has 0 saturated carbocycles. The van der Waals surface area contributed by atoms with Crippen molar-refractivity contribution in [1.29, 1.82) is 5.26 Å². The maximum absolute atomic E-state index is 12.2. The highest BCUT2D eigenvalue weighted by molar-refractivity contribution is 8.00. The minimum absolute atomic E-state index is 0.0672. The third-order valence-electron chi connectivity index (χ3n) is 3.27. The van der Waals surface area contributed by atoms with E-state index in [1.165, 1.54) is 21.6 Å². The van der Waals surface area contributed by atoms with Crippen molar-refractivity contribution < 1.29 is 19.1 Å². The third-order valence-corrected chi connectivity index (χ3v) is 4.33. The highest BCUT2D eigenvalue weighted by atomic mass is 32.2. The number of carbonyl (C=O) groups excluding carboxylic acids is 3. The molecular weight excluding hydrogens is 342 g/mol. The van der Waals surface area contributed by atoms with Crippen molar-refractivity contribution in [3.63, 3.8) is 0 Å². The van der Waals surface area contributed by atoms with E-state index in [2.05, 4.69) is 0 Å². The van der Waals surface area contributed by atoms with Crippen molar-refractivity contribution >= 4 is 29.5 Å². The zero-order valence-electron chi connectivity index (χ0n) is 14.5. The molecule has 1 aromatic carbocycles. The topological polar surface area (TPSA) is 90.7 Å². The van der Waals surface area contributed by atoms with Crippen molar-refractivity contribution in [2.24, 2.45) is 0 Å². The van der Waals surface area contributed by atoms with E-state index in [9.17, 15) is 14.4 Å². The number of ether oxygens (including phenoxy) is 1. The summed E-state index contributed by atoms with van der Waals surface area (Å²) in [5.41, 5.74) is 0.312. The van der Waals surface area contributed by atoms with Gasteiger partial charge in [-0.25, -0.2) is 4.79 Å². The number of likely N-dealkylation sites (N-methyl/N-ethyl adjacent to an activating group) is 1. The Morgan fingerprint density at radius 1 is 1.16 bits per heavy atom. The van der Waals surface area contributed by atoms with Gasteiger partial charge in [0.2, 0.25) is 5.91 Å². The van der Waals surface area contributed by atoms with Crippen molar-refractivity contribution in [2.45, 2.75) is 11.3 Å². The first-order chi connectivity index (χ1) is 11.9. The Bertz CT molecular complexity index is 670. The first-order valence-electron chi connectivity index (χ1n) is 7.56. The number of thioether (sulfide) groups is 1. The lowest BCUT2D eigenvalue weighted by Gasteiger charge is -2.16. The normalized spacial score (nSPS) is 9.84. The monoisotopic (exact) mass is 363 g/mol. The van der Waals surface area contributed by atoms with Crippen LogP contribution in [0.3, 0.4) is 0 Å². The van der Waals surface area contributed by atoms with Crippen LogP contribution in [0, 0.1) is 11.3 Å². The number of nitrogens with zero attached hydrogens (tertiary/aromatic N) is 3. The Balaban J connectivity index is 2.65. The molecule has 0 aliphatic heterocycles. The summed E-state index contributed by atoms with van der Waals surface area (Å²) in [6, 6.07) is 8.72. The molecule has 0 fully saturated rings. The van der Waals surface area contributed by atoms with Gasteiger partial charge in [0.25, 0.3) is 5.91 Å². The Morgan fingerprint density at radius 2 is 1.84 bits per heavy atom. The number of carbonyl (C=O) groups is 3. The van der Waals surface area contributed by atoms with Crippen LogP contribution in [0.1, 0.15) is 16.8 Å². The van der Waals surface area contributed by atoms with E-state index >= 15 is 0 Å². The van der Waals surface area contributed by atoms with Crippen molar-refractivity contribution in [3.05, 3.63) is 29.8 Å². The van der Waals surface area contributed by atoms with Crippen LogP contribution < -0.4 is 0 Å². The van der Waals surface area contributed by atoms with E-state index in [4.69, 9.17) is 10.00 Å². The summed E-state index contributed by atoms with van der Waals surface area (Å²) in [7, 11) is 4.87. The summed E-state index contributed by atoms with van der Waals surface area (Å²) < 4.78 is 5.06. The quantitative estimate of drug-likeness (QED) is 0.512. The fraction of sp³-hybridized carbons (Fsp3) is 0.412. The number of benzene rings is 1. The van der Waals surface area contributed by atoms with Crippen LogP contribution in [0.15, 0.2) is 29.2 Å². The Kier molecular flexibility index (Phi) is 8.50. The molecule has 7 nitrogen and oxygen atoms in total. The van der Waals surface area contributed by atoms with Gasteiger partial charge in [0, 0.05) is 32.6 Å². The second kappa shape index (κ2) is 10.4. The second-order valence-corrected chi connectivity index (χ2v) is 6.39. The predicted octanol–water partition coefficient (Wildman–Crippen LogP) is 1.40. The molecule has 0 aliphatic carbocycles. The number of nitriles is 1. The van der Waals surface area contributed by atoms with E-state index in [0.717, 1.165) is 0 Å². The number of hydrogen-bond donors (Lipinski definition) is 0. The van der Waals surface area contributed by atoms with Crippen LogP contribution in [0.25, 0.3) is 0 Å². The van der Waals surface area contributed by atoms with Crippen LogP contribution in [-0.2, 0) is 14.3 Å². The Hall–Kier alpha value is -2.53. The molecule has 0 unspecified atom stereocenters.